The van der Waals surface area contributed by atoms with Crippen LogP contribution >= 0.6 is 11.6 Å². The predicted octanol–water partition coefficient (Wildman–Crippen LogP) is 2.06. The van der Waals surface area contributed by atoms with Crippen LogP contribution < -0.4 is 5.73 Å². The van der Waals surface area contributed by atoms with E-state index in [0.29, 0.717) is 0 Å². The summed E-state index contributed by atoms with van der Waals surface area (Å²) in [6, 6.07) is 2.52. The van der Waals surface area contributed by atoms with Gasteiger partial charge in [-0.2, -0.15) is 0 Å². The highest BCUT2D eigenvalue weighted by molar-refractivity contribution is 6.34. The Kier molecular flexibility index (Phi) is 3.13. The SMILES string of the molecule is CN(C(=O)c1cc([N+](=O)[O-])cc(Cl)c1N)C1CC1. The quantitative estimate of drug-likeness (QED) is 0.517. The molecule has 6 nitrogen and oxygen atoms in total. The van der Waals surface area contributed by atoms with E-state index in [1.165, 1.54) is 6.07 Å². The van der Waals surface area contributed by atoms with Crippen LogP contribution in [0.3, 0.4) is 0 Å². The molecule has 2 N–H and O–H groups in total. The first-order chi connectivity index (χ1) is 8.41. The van der Waals surface area contributed by atoms with Gasteiger partial charge < -0.3 is 10.6 Å². The molecule has 0 radical (unpaired) electrons. The number of nitrogen functional groups attached to an aromatic ring is 1. The molecule has 1 aliphatic carbocycles. The number of benzene rings is 1. The Balaban J connectivity index is 2.42. The number of non-ortho nitro benzene ring substituents is 1. The molecule has 1 amide bonds. The van der Waals surface area contributed by atoms with Gasteiger partial charge in [-0.15, -0.1) is 0 Å². The van der Waals surface area contributed by atoms with E-state index >= 15 is 0 Å². The summed E-state index contributed by atoms with van der Waals surface area (Å²) in [4.78, 5) is 23.8. The van der Waals surface area contributed by atoms with E-state index in [2.05, 4.69) is 0 Å². The number of rotatable bonds is 3. The van der Waals surface area contributed by atoms with Gasteiger partial charge in [0.25, 0.3) is 11.6 Å². The van der Waals surface area contributed by atoms with Crippen molar-refractivity contribution in [2.24, 2.45) is 0 Å². The van der Waals surface area contributed by atoms with Crippen LogP contribution in [0.1, 0.15) is 23.2 Å². The number of anilines is 1. The summed E-state index contributed by atoms with van der Waals surface area (Å²) in [6.45, 7) is 0. The van der Waals surface area contributed by atoms with E-state index in [1.807, 2.05) is 0 Å². The van der Waals surface area contributed by atoms with Crippen LogP contribution in [0.15, 0.2) is 12.1 Å². The van der Waals surface area contributed by atoms with E-state index in [-0.39, 0.29) is 33.9 Å². The second-order valence-corrected chi connectivity index (χ2v) is 4.70. The lowest BCUT2D eigenvalue weighted by Crippen LogP contribution is -2.29. The van der Waals surface area contributed by atoms with Crippen molar-refractivity contribution in [3.8, 4) is 0 Å². The summed E-state index contributed by atoms with van der Waals surface area (Å²) < 4.78 is 0. The molecule has 1 aromatic carbocycles. The van der Waals surface area contributed by atoms with E-state index < -0.39 is 4.92 Å². The maximum Gasteiger partial charge on any atom is 0.271 e. The molecule has 7 heteroatoms. The van der Waals surface area contributed by atoms with E-state index in [1.54, 1.807) is 11.9 Å². The number of nitrogens with two attached hydrogens (primary N) is 1. The van der Waals surface area contributed by atoms with Crippen LogP contribution in [0.25, 0.3) is 0 Å². The first-order valence-corrected chi connectivity index (χ1v) is 5.80. The maximum atomic E-state index is 12.1. The number of carbonyl (C=O) groups excluding carboxylic acids is 1. The second-order valence-electron chi connectivity index (χ2n) is 4.29. The zero-order valence-corrected chi connectivity index (χ0v) is 10.5. The van der Waals surface area contributed by atoms with Crippen molar-refractivity contribution in [3.05, 3.63) is 32.8 Å². The molecular formula is C11H12ClN3O3. The summed E-state index contributed by atoms with van der Waals surface area (Å²) in [5.41, 5.74) is 5.64. The molecule has 96 valence electrons. The molecule has 0 heterocycles. The fraction of sp³-hybridized carbons (Fsp3) is 0.364. The summed E-state index contributed by atoms with van der Waals surface area (Å²) in [7, 11) is 1.66. The standard InChI is InChI=1S/C11H12ClN3O3/c1-14(6-2-3-6)11(16)8-4-7(15(17)18)5-9(12)10(8)13/h4-6H,2-3,13H2,1H3. The van der Waals surface area contributed by atoms with Crippen LogP contribution in [0.4, 0.5) is 11.4 Å². The Morgan fingerprint density at radius 1 is 1.56 bits per heavy atom. The smallest absolute Gasteiger partial charge is 0.271 e. The van der Waals surface area contributed by atoms with Crippen LogP contribution in [0.5, 0.6) is 0 Å². The van der Waals surface area contributed by atoms with Gasteiger partial charge in [0, 0.05) is 25.2 Å². The van der Waals surface area contributed by atoms with Gasteiger partial charge >= 0.3 is 0 Å². The zero-order chi connectivity index (χ0) is 13.4. The number of nitro benzene ring substituents is 1. The highest BCUT2D eigenvalue weighted by Crippen LogP contribution is 2.32. The number of nitro groups is 1. The number of halogens is 1. The highest BCUT2D eigenvalue weighted by Gasteiger charge is 2.31. The van der Waals surface area contributed by atoms with Gasteiger partial charge in [-0.1, -0.05) is 11.6 Å². The normalized spacial score (nSPS) is 14.3. The Morgan fingerprint density at radius 3 is 2.67 bits per heavy atom. The van der Waals surface area contributed by atoms with Crippen molar-refractivity contribution >= 4 is 28.9 Å². The molecule has 0 unspecified atom stereocenters. The van der Waals surface area contributed by atoms with Gasteiger partial charge in [-0.25, -0.2) is 0 Å². The van der Waals surface area contributed by atoms with Crippen LogP contribution in [0.2, 0.25) is 5.02 Å². The minimum Gasteiger partial charge on any atom is -0.397 e. The van der Waals surface area contributed by atoms with Crippen molar-refractivity contribution in [1.82, 2.24) is 4.90 Å². The molecule has 0 saturated heterocycles. The monoisotopic (exact) mass is 269 g/mol. The van der Waals surface area contributed by atoms with Crippen LogP contribution in [-0.4, -0.2) is 28.8 Å². The summed E-state index contributed by atoms with van der Waals surface area (Å²) in [5, 5.41) is 10.8. The third-order valence-corrected chi connectivity index (χ3v) is 3.28. The van der Waals surface area contributed by atoms with Gasteiger partial charge in [-0.05, 0) is 12.8 Å². The molecule has 18 heavy (non-hydrogen) atoms. The maximum absolute atomic E-state index is 12.1. The van der Waals surface area contributed by atoms with E-state index in [4.69, 9.17) is 17.3 Å². The Labute approximate surface area is 108 Å². The molecule has 1 saturated carbocycles. The lowest BCUT2D eigenvalue weighted by atomic mass is 10.1. The zero-order valence-electron chi connectivity index (χ0n) is 9.72. The molecule has 0 aliphatic heterocycles. The van der Waals surface area contributed by atoms with E-state index in [9.17, 15) is 14.9 Å². The Hall–Kier alpha value is -1.82. The number of nitrogens with zero attached hydrogens (tertiary/aromatic N) is 2. The van der Waals surface area contributed by atoms with Gasteiger partial charge in [0.2, 0.25) is 0 Å². The van der Waals surface area contributed by atoms with Crippen molar-refractivity contribution in [2.75, 3.05) is 12.8 Å². The Bertz CT molecular complexity index is 529. The molecule has 0 atom stereocenters. The van der Waals surface area contributed by atoms with E-state index in [0.717, 1.165) is 18.9 Å². The molecular weight excluding hydrogens is 258 g/mol. The van der Waals surface area contributed by atoms with Crippen LogP contribution in [-0.2, 0) is 0 Å². The predicted molar refractivity (Wildman–Crippen MR) is 67.6 cm³/mol. The van der Waals surface area contributed by atoms with Gasteiger partial charge in [0.1, 0.15) is 0 Å². The summed E-state index contributed by atoms with van der Waals surface area (Å²) >= 11 is 5.81. The minimum absolute atomic E-state index is 0.0248. The fourth-order valence-corrected chi connectivity index (χ4v) is 1.92. The summed E-state index contributed by atoms with van der Waals surface area (Å²) in [5.74, 6) is -0.333. The van der Waals surface area contributed by atoms with Crippen molar-refractivity contribution in [2.45, 2.75) is 18.9 Å². The van der Waals surface area contributed by atoms with Crippen molar-refractivity contribution in [3.63, 3.8) is 0 Å². The first-order valence-electron chi connectivity index (χ1n) is 5.42. The topological polar surface area (TPSA) is 89.5 Å². The highest BCUT2D eigenvalue weighted by atomic mass is 35.5. The largest absolute Gasteiger partial charge is 0.397 e. The third-order valence-electron chi connectivity index (χ3n) is 2.97. The molecule has 1 fully saturated rings. The molecule has 2 rings (SSSR count). The molecule has 0 spiro atoms. The lowest BCUT2D eigenvalue weighted by Gasteiger charge is -2.17. The minimum atomic E-state index is -0.598. The van der Waals surface area contributed by atoms with Crippen molar-refractivity contribution in [1.29, 1.82) is 0 Å². The lowest BCUT2D eigenvalue weighted by molar-refractivity contribution is -0.384. The third kappa shape index (κ3) is 2.24. The molecule has 1 aliphatic rings. The molecule has 0 aromatic heterocycles. The average molecular weight is 270 g/mol. The number of hydrogen-bond donors (Lipinski definition) is 1. The second kappa shape index (κ2) is 4.45. The average Bonchev–Trinajstić information content (AvgIpc) is 3.14. The molecule has 0 bridgehead atoms. The molecule has 1 aromatic rings. The van der Waals surface area contributed by atoms with Crippen LogP contribution in [0, 0.1) is 10.1 Å². The number of amides is 1. The van der Waals surface area contributed by atoms with Crippen molar-refractivity contribution < 1.29 is 9.72 Å². The fourth-order valence-electron chi connectivity index (χ4n) is 1.70. The number of carbonyl (C=O) groups is 1. The number of hydrogen-bond acceptors (Lipinski definition) is 4. The van der Waals surface area contributed by atoms with Gasteiger partial charge in [-0.3, -0.25) is 14.9 Å². The van der Waals surface area contributed by atoms with Gasteiger partial charge in [0.05, 0.1) is 21.2 Å². The first kappa shape index (κ1) is 12.6. The Morgan fingerprint density at radius 2 is 2.17 bits per heavy atom. The summed E-state index contributed by atoms with van der Waals surface area (Å²) in [6.07, 6.45) is 1.90. The van der Waals surface area contributed by atoms with Gasteiger partial charge in [0.15, 0.2) is 0 Å².